The topological polar surface area (TPSA) is 20.3 Å². The fraction of sp³-hybridized carbons (Fsp3) is 0.571. The molecule has 48 valence electrons. The minimum Gasteiger partial charge on any atom is -0.344 e. The predicted molar refractivity (Wildman–Crippen MR) is 34.6 cm³/mol. The van der Waals surface area contributed by atoms with E-state index in [1.807, 2.05) is 0 Å². The molecule has 0 unspecified atom stereocenters. The smallest absolute Gasteiger partial charge is 0.223 e. The van der Waals surface area contributed by atoms with Crippen LogP contribution in [0.15, 0.2) is 0 Å². The van der Waals surface area contributed by atoms with Crippen molar-refractivity contribution in [1.29, 1.82) is 0 Å². The molecule has 0 N–H and O–H groups in total. The average molecular weight is 123 g/mol. The lowest BCUT2D eigenvalue weighted by Crippen LogP contribution is -2.18. The minimum atomic E-state index is 0.155. The van der Waals surface area contributed by atoms with Gasteiger partial charge in [-0.3, -0.25) is 4.79 Å². The molecule has 9 heavy (non-hydrogen) atoms. The van der Waals surface area contributed by atoms with E-state index in [4.69, 9.17) is 6.42 Å². The van der Waals surface area contributed by atoms with Crippen LogP contribution < -0.4 is 0 Å². The Morgan fingerprint density at radius 1 is 1.89 bits per heavy atom. The van der Waals surface area contributed by atoms with Crippen molar-refractivity contribution in [2.24, 2.45) is 5.92 Å². The van der Waals surface area contributed by atoms with Crippen molar-refractivity contribution in [3.63, 3.8) is 0 Å². The zero-order valence-corrected chi connectivity index (χ0v) is 5.42. The predicted octanol–water partition coefficient (Wildman–Crippen LogP) is 0.0979. The van der Waals surface area contributed by atoms with Crippen LogP contribution in [0.1, 0.15) is 6.42 Å². The highest BCUT2D eigenvalue weighted by Crippen LogP contribution is 2.13. The van der Waals surface area contributed by atoms with Crippen LogP contribution in [0.3, 0.4) is 0 Å². The van der Waals surface area contributed by atoms with Crippen molar-refractivity contribution in [1.82, 2.24) is 4.90 Å². The monoisotopic (exact) mass is 123 g/mol. The highest BCUT2D eigenvalue weighted by Gasteiger charge is 2.24. The number of hydrogen-bond acceptors (Lipinski definition) is 1. The summed E-state index contributed by atoms with van der Waals surface area (Å²) in [6.45, 7) is 0.731. The minimum absolute atomic E-state index is 0.155. The Kier molecular flexibility index (Phi) is 1.44. The molecule has 2 nitrogen and oxygen atoms in total. The van der Waals surface area contributed by atoms with Gasteiger partial charge in [0.15, 0.2) is 0 Å². The Labute approximate surface area is 54.8 Å². The van der Waals surface area contributed by atoms with Crippen molar-refractivity contribution >= 4 is 5.91 Å². The zero-order valence-electron chi connectivity index (χ0n) is 5.42. The van der Waals surface area contributed by atoms with Gasteiger partial charge in [-0.15, -0.1) is 12.3 Å². The molecule has 1 heterocycles. The molecule has 1 rings (SSSR count). The van der Waals surface area contributed by atoms with Gasteiger partial charge in [-0.1, -0.05) is 0 Å². The summed E-state index contributed by atoms with van der Waals surface area (Å²) >= 11 is 0. The van der Waals surface area contributed by atoms with Gasteiger partial charge < -0.3 is 4.90 Å². The summed E-state index contributed by atoms with van der Waals surface area (Å²) in [6, 6.07) is 0. The molecule has 0 radical (unpaired) electrons. The molecule has 2 heteroatoms. The summed E-state index contributed by atoms with van der Waals surface area (Å²) in [6.07, 6.45) is 5.66. The fourth-order valence-corrected chi connectivity index (χ4v) is 0.975. The Balaban J connectivity index is 2.57. The van der Waals surface area contributed by atoms with Crippen LogP contribution in [0.25, 0.3) is 0 Å². The number of hydrogen-bond donors (Lipinski definition) is 0. The first-order valence-electron chi connectivity index (χ1n) is 2.94. The molecular weight excluding hydrogens is 114 g/mol. The number of carbonyl (C=O) groups excluding carboxylic acids is 1. The molecule has 0 aromatic heterocycles. The zero-order chi connectivity index (χ0) is 6.85. The Bertz CT molecular complexity index is 168. The first-order valence-corrected chi connectivity index (χ1v) is 2.94. The fourth-order valence-electron chi connectivity index (χ4n) is 0.975. The van der Waals surface area contributed by atoms with Gasteiger partial charge in [0.1, 0.15) is 0 Å². The van der Waals surface area contributed by atoms with Crippen LogP contribution >= 0.6 is 0 Å². The van der Waals surface area contributed by atoms with Crippen LogP contribution in [0.2, 0.25) is 0 Å². The quantitative estimate of drug-likeness (QED) is 0.418. The molecule has 0 saturated carbocycles. The number of amides is 1. The van der Waals surface area contributed by atoms with Crippen LogP contribution in [-0.2, 0) is 4.79 Å². The Hall–Kier alpha value is -0.970. The van der Waals surface area contributed by atoms with E-state index >= 15 is 0 Å². The van der Waals surface area contributed by atoms with Gasteiger partial charge in [-0.2, -0.15) is 0 Å². The number of carbonyl (C=O) groups is 1. The van der Waals surface area contributed by atoms with Gasteiger partial charge in [-0.25, -0.2) is 0 Å². The number of terminal acetylenes is 1. The summed E-state index contributed by atoms with van der Waals surface area (Å²) in [5, 5.41) is 0. The van der Waals surface area contributed by atoms with E-state index in [9.17, 15) is 4.79 Å². The highest BCUT2D eigenvalue weighted by atomic mass is 16.2. The van der Waals surface area contributed by atoms with Gasteiger partial charge >= 0.3 is 0 Å². The average Bonchev–Trinajstić information content (AvgIpc) is 2.13. The van der Waals surface area contributed by atoms with E-state index < -0.39 is 0 Å². The Morgan fingerprint density at radius 3 is 2.78 bits per heavy atom. The normalized spacial score (nSPS) is 26.4. The second kappa shape index (κ2) is 2.10. The molecule has 0 aliphatic carbocycles. The molecule has 1 aliphatic rings. The molecule has 0 bridgehead atoms. The first-order chi connectivity index (χ1) is 4.24. The third kappa shape index (κ3) is 1.05. The third-order valence-corrected chi connectivity index (χ3v) is 1.58. The maximum Gasteiger partial charge on any atom is 0.223 e. The summed E-state index contributed by atoms with van der Waals surface area (Å²) in [5.74, 6) is 2.88. The second-order valence-electron chi connectivity index (χ2n) is 2.34. The third-order valence-electron chi connectivity index (χ3n) is 1.58. The molecule has 1 atom stereocenters. The van der Waals surface area contributed by atoms with Gasteiger partial charge in [-0.05, 0) is 0 Å². The summed E-state index contributed by atoms with van der Waals surface area (Å²) in [7, 11) is 1.78. The van der Waals surface area contributed by atoms with Crippen molar-refractivity contribution in [3.8, 4) is 12.3 Å². The maximum atomic E-state index is 10.8. The van der Waals surface area contributed by atoms with E-state index in [0.29, 0.717) is 6.42 Å². The maximum absolute atomic E-state index is 10.8. The van der Waals surface area contributed by atoms with Gasteiger partial charge in [0.25, 0.3) is 0 Å². The molecule has 1 saturated heterocycles. The molecule has 0 aromatic rings. The molecule has 1 amide bonds. The van der Waals surface area contributed by atoms with Crippen LogP contribution in [0.4, 0.5) is 0 Å². The van der Waals surface area contributed by atoms with Crippen molar-refractivity contribution in [3.05, 3.63) is 0 Å². The molecule has 0 spiro atoms. The first kappa shape index (κ1) is 6.15. The van der Waals surface area contributed by atoms with E-state index in [-0.39, 0.29) is 11.8 Å². The van der Waals surface area contributed by atoms with E-state index in [1.165, 1.54) is 0 Å². The van der Waals surface area contributed by atoms with Crippen LogP contribution in [0, 0.1) is 18.3 Å². The van der Waals surface area contributed by atoms with Crippen LogP contribution in [-0.4, -0.2) is 24.4 Å². The molecule has 1 aliphatic heterocycles. The number of likely N-dealkylation sites (tertiary alicyclic amines) is 1. The Morgan fingerprint density at radius 2 is 2.56 bits per heavy atom. The largest absolute Gasteiger partial charge is 0.344 e. The summed E-state index contributed by atoms with van der Waals surface area (Å²) in [5.41, 5.74) is 0. The van der Waals surface area contributed by atoms with Crippen LogP contribution in [0.5, 0.6) is 0 Å². The lowest BCUT2D eigenvalue weighted by Gasteiger charge is -2.04. The van der Waals surface area contributed by atoms with Gasteiger partial charge in [0.2, 0.25) is 5.91 Å². The molecule has 0 aromatic carbocycles. The van der Waals surface area contributed by atoms with E-state index in [2.05, 4.69) is 5.92 Å². The highest BCUT2D eigenvalue weighted by molar-refractivity contribution is 5.78. The van der Waals surface area contributed by atoms with Gasteiger partial charge in [0.05, 0.1) is 0 Å². The lowest BCUT2D eigenvalue weighted by molar-refractivity contribution is -0.126. The SMILES string of the molecule is C#C[C@H]1CC(=O)N(C)C1. The van der Waals surface area contributed by atoms with E-state index in [1.54, 1.807) is 11.9 Å². The van der Waals surface area contributed by atoms with Crippen molar-refractivity contribution < 1.29 is 4.79 Å². The van der Waals surface area contributed by atoms with Crippen molar-refractivity contribution in [2.75, 3.05) is 13.6 Å². The van der Waals surface area contributed by atoms with E-state index in [0.717, 1.165) is 6.54 Å². The standard InChI is InChI=1S/C7H9NO/c1-3-6-4-7(9)8(2)5-6/h1,6H,4-5H2,2H3/t6-/m0/s1. The van der Waals surface area contributed by atoms with Gasteiger partial charge in [0, 0.05) is 25.9 Å². The van der Waals surface area contributed by atoms with Crippen molar-refractivity contribution in [2.45, 2.75) is 6.42 Å². The summed E-state index contributed by atoms with van der Waals surface area (Å²) in [4.78, 5) is 12.4. The summed E-state index contributed by atoms with van der Waals surface area (Å²) < 4.78 is 0. The molecular formula is C7H9NO. The second-order valence-corrected chi connectivity index (χ2v) is 2.34. The lowest BCUT2D eigenvalue weighted by atomic mass is 10.1. The molecule has 1 fully saturated rings. The number of nitrogens with zero attached hydrogens (tertiary/aromatic N) is 1. The number of rotatable bonds is 0.